The molecule has 0 saturated carbocycles. The molecule has 1 rings (SSSR count). The van der Waals surface area contributed by atoms with Crippen LogP contribution in [0.1, 0.15) is 47.0 Å². The lowest BCUT2D eigenvalue weighted by molar-refractivity contribution is -0.145. The molecule has 1 fully saturated rings. The van der Waals surface area contributed by atoms with Gasteiger partial charge in [0, 0.05) is 13.1 Å². The van der Waals surface area contributed by atoms with E-state index < -0.39 is 11.5 Å². The lowest BCUT2D eigenvalue weighted by atomic mass is 9.90. The number of rotatable bonds is 8. The van der Waals surface area contributed by atoms with Gasteiger partial charge in [-0.15, -0.1) is 0 Å². The largest absolute Gasteiger partial charge is 0.480 e. The van der Waals surface area contributed by atoms with Crippen LogP contribution in [0.25, 0.3) is 0 Å². The summed E-state index contributed by atoms with van der Waals surface area (Å²) in [6, 6.07) is 0. The monoisotopic (exact) mass is 270 g/mol. The second-order valence-corrected chi connectivity index (χ2v) is 6.09. The Morgan fingerprint density at radius 2 is 1.89 bits per heavy atom. The third-order valence-corrected chi connectivity index (χ3v) is 4.67. The molecule has 0 bridgehead atoms. The first-order chi connectivity index (χ1) is 8.95. The summed E-state index contributed by atoms with van der Waals surface area (Å²) in [4.78, 5) is 14.0. The van der Waals surface area contributed by atoms with E-state index in [2.05, 4.69) is 24.1 Å². The van der Waals surface area contributed by atoms with Crippen molar-refractivity contribution >= 4 is 5.97 Å². The predicted molar refractivity (Wildman–Crippen MR) is 78.3 cm³/mol. The van der Waals surface area contributed by atoms with Gasteiger partial charge in [0.15, 0.2) is 0 Å². The Labute approximate surface area is 117 Å². The fourth-order valence-corrected chi connectivity index (χ4v) is 3.10. The van der Waals surface area contributed by atoms with Gasteiger partial charge in [-0.3, -0.25) is 4.79 Å². The quantitative estimate of drug-likeness (QED) is 0.710. The van der Waals surface area contributed by atoms with Gasteiger partial charge in [-0.05, 0) is 44.2 Å². The maximum atomic E-state index is 11.5. The molecule has 1 aliphatic rings. The molecule has 2 N–H and O–H groups in total. The van der Waals surface area contributed by atoms with E-state index >= 15 is 0 Å². The molecule has 0 radical (unpaired) electrons. The number of carboxylic acids is 1. The van der Waals surface area contributed by atoms with E-state index in [1.807, 2.05) is 13.8 Å². The molecule has 0 aliphatic carbocycles. The van der Waals surface area contributed by atoms with Crippen molar-refractivity contribution < 1.29 is 9.90 Å². The lowest BCUT2D eigenvalue weighted by Crippen LogP contribution is -2.51. The molecule has 0 aromatic rings. The summed E-state index contributed by atoms with van der Waals surface area (Å²) in [5.74, 6) is 0.827. The number of hydrogen-bond acceptors (Lipinski definition) is 3. The molecular weight excluding hydrogens is 240 g/mol. The molecular formula is C15H30N2O2. The predicted octanol–water partition coefficient (Wildman–Crippen LogP) is 2.20. The normalized spacial score (nSPS) is 27.4. The summed E-state index contributed by atoms with van der Waals surface area (Å²) >= 11 is 0. The van der Waals surface area contributed by atoms with Gasteiger partial charge < -0.3 is 15.3 Å². The molecule has 4 heteroatoms. The molecule has 112 valence electrons. The molecule has 1 heterocycles. The summed E-state index contributed by atoms with van der Waals surface area (Å²) in [6.07, 6.45) is 2.31. The average Bonchev–Trinajstić information content (AvgIpc) is 2.67. The first-order valence-electron chi connectivity index (χ1n) is 7.66. The van der Waals surface area contributed by atoms with Crippen molar-refractivity contribution in [2.45, 2.75) is 52.5 Å². The molecule has 1 saturated heterocycles. The van der Waals surface area contributed by atoms with Crippen LogP contribution in [0.15, 0.2) is 0 Å². The summed E-state index contributed by atoms with van der Waals surface area (Å²) in [5, 5.41) is 12.6. The van der Waals surface area contributed by atoms with Gasteiger partial charge in [0.05, 0.1) is 0 Å². The Morgan fingerprint density at radius 1 is 1.32 bits per heavy atom. The summed E-state index contributed by atoms with van der Waals surface area (Å²) in [7, 11) is 0. The van der Waals surface area contributed by atoms with Crippen molar-refractivity contribution in [2.75, 3.05) is 26.2 Å². The minimum Gasteiger partial charge on any atom is -0.480 e. The molecule has 0 aromatic heterocycles. The van der Waals surface area contributed by atoms with Gasteiger partial charge in [-0.25, -0.2) is 0 Å². The van der Waals surface area contributed by atoms with Gasteiger partial charge in [-0.1, -0.05) is 27.7 Å². The number of nitrogens with one attached hydrogen (secondary N) is 1. The minimum atomic E-state index is -0.730. The molecule has 0 amide bonds. The Hall–Kier alpha value is -0.610. The van der Waals surface area contributed by atoms with Crippen LogP contribution in [0, 0.1) is 11.8 Å². The molecule has 3 atom stereocenters. The van der Waals surface area contributed by atoms with Gasteiger partial charge in [0.1, 0.15) is 5.54 Å². The van der Waals surface area contributed by atoms with Gasteiger partial charge in [0.2, 0.25) is 0 Å². The SMILES string of the molecule is CCNC(CC)(CCCN1CC(C)C(C)C1)C(=O)O. The number of hydrogen-bond donors (Lipinski definition) is 2. The maximum Gasteiger partial charge on any atom is 0.323 e. The van der Waals surface area contributed by atoms with Crippen LogP contribution in [-0.2, 0) is 4.79 Å². The Morgan fingerprint density at radius 3 is 2.32 bits per heavy atom. The zero-order valence-electron chi connectivity index (χ0n) is 12.9. The Bertz CT molecular complexity index is 286. The van der Waals surface area contributed by atoms with Crippen LogP contribution in [0.5, 0.6) is 0 Å². The van der Waals surface area contributed by atoms with Crippen molar-refractivity contribution in [3.8, 4) is 0 Å². The third-order valence-electron chi connectivity index (χ3n) is 4.67. The molecule has 3 unspecified atom stereocenters. The highest BCUT2D eigenvalue weighted by atomic mass is 16.4. The molecule has 1 aliphatic heterocycles. The van der Waals surface area contributed by atoms with Crippen molar-refractivity contribution in [3.05, 3.63) is 0 Å². The van der Waals surface area contributed by atoms with Crippen molar-refractivity contribution in [1.82, 2.24) is 10.2 Å². The highest BCUT2D eigenvalue weighted by Gasteiger charge is 2.35. The van der Waals surface area contributed by atoms with Crippen LogP contribution < -0.4 is 5.32 Å². The van der Waals surface area contributed by atoms with Crippen LogP contribution in [0.3, 0.4) is 0 Å². The van der Waals surface area contributed by atoms with Gasteiger partial charge >= 0.3 is 5.97 Å². The van der Waals surface area contributed by atoms with E-state index in [1.54, 1.807) is 0 Å². The molecule has 4 nitrogen and oxygen atoms in total. The Kier molecular flexibility index (Phi) is 6.27. The second-order valence-electron chi connectivity index (χ2n) is 6.09. The van der Waals surface area contributed by atoms with E-state index in [0.717, 1.165) is 37.9 Å². The van der Waals surface area contributed by atoms with E-state index in [0.29, 0.717) is 19.4 Å². The van der Waals surface area contributed by atoms with E-state index in [9.17, 15) is 9.90 Å². The highest BCUT2D eigenvalue weighted by Crippen LogP contribution is 2.24. The standard InChI is InChI=1S/C15H30N2O2/c1-5-15(14(18)19,16-6-2)8-7-9-17-10-12(3)13(4)11-17/h12-13,16H,5-11H2,1-4H3,(H,18,19). The molecule has 0 aromatic carbocycles. The zero-order valence-corrected chi connectivity index (χ0v) is 12.9. The number of carboxylic acid groups (broad SMARTS) is 1. The number of aliphatic carboxylic acids is 1. The van der Waals surface area contributed by atoms with Crippen LogP contribution in [-0.4, -0.2) is 47.7 Å². The van der Waals surface area contributed by atoms with Crippen LogP contribution in [0.2, 0.25) is 0 Å². The topological polar surface area (TPSA) is 52.6 Å². The van der Waals surface area contributed by atoms with Crippen molar-refractivity contribution in [2.24, 2.45) is 11.8 Å². The molecule has 0 spiro atoms. The van der Waals surface area contributed by atoms with E-state index in [1.165, 1.54) is 0 Å². The fraction of sp³-hybridized carbons (Fsp3) is 0.933. The third kappa shape index (κ3) is 4.18. The van der Waals surface area contributed by atoms with Gasteiger partial charge in [0.25, 0.3) is 0 Å². The highest BCUT2D eigenvalue weighted by molar-refractivity contribution is 5.78. The fourth-order valence-electron chi connectivity index (χ4n) is 3.10. The van der Waals surface area contributed by atoms with E-state index in [-0.39, 0.29) is 0 Å². The average molecular weight is 270 g/mol. The maximum absolute atomic E-state index is 11.5. The first-order valence-corrected chi connectivity index (χ1v) is 7.66. The smallest absolute Gasteiger partial charge is 0.323 e. The molecule has 19 heavy (non-hydrogen) atoms. The Balaban J connectivity index is 2.42. The number of carbonyl (C=O) groups is 1. The summed E-state index contributed by atoms with van der Waals surface area (Å²) in [5.41, 5.74) is -0.730. The number of likely N-dealkylation sites (tertiary alicyclic amines) is 1. The first kappa shape index (κ1) is 16.4. The second kappa shape index (κ2) is 7.25. The van der Waals surface area contributed by atoms with Crippen molar-refractivity contribution in [1.29, 1.82) is 0 Å². The van der Waals surface area contributed by atoms with E-state index in [4.69, 9.17) is 0 Å². The van der Waals surface area contributed by atoms with Crippen LogP contribution >= 0.6 is 0 Å². The lowest BCUT2D eigenvalue weighted by Gasteiger charge is -2.30. The van der Waals surface area contributed by atoms with Gasteiger partial charge in [-0.2, -0.15) is 0 Å². The van der Waals surface area contributed by atoms with Crippen LogP contribution in [0.4, 0.5) is 0 Å². The summed E-state index contributed by atoms with van der Waals surface area (Å²) in [6.45, 7) is 12.6. The number of nitrogens with zero attached hydrogens (tertiary/aromatic N) is 1. The zero-order chi connectivity index (χ0) is 14.5. The minimum absolute atomic E-state index is 0.642. The van der Waals surface area contributed by atoms with Crippen molar-refractivity contribution in [3.63, 3.8) is 0 Å². The number of likely N-dealkylation sites (N-methyl/N-ethyl adjacent to an activating group) is 1. The summed E-state index contributed by atoms with van der Waals surface area (Å²) < 4.78 is 0.